The summed E-state index contributed by atoms with van der Waals surface area (Å²) in [5.74, 6) is 0.0957. The van der Waals surface area contributed by atoms with E-state index in [2.05, 4.69) is 0 Å². The molecule has 0 radical (unpaired) electrons. The molecule has 0 aliphatic carbocycles. The highest BCUT2D eigenvalue weighted by atomic mass is 32.2. The van der Waals surface area contributed by atoms with E-state index in [1.807, 2.05) is 58.0 Å². The lowest BCUT2D eigenvalue weighted by Crippen LogP contribution is -2.31. The maximum Gasteiger partial charge on any atom is 0.272 e. The number of thioether (sulfide) groups is 1. The van der Waals surface area contributed by atoms with E-state index >= 15 is 0 Å². The third kappa shape index (κ3) is 4.14. The van der Waals surface area contributed by atoms with Crippen LogP contribution in [0.25, 0.3) is 5.57 Å². The van der Waals surface area contributed by atoms with E-state index in [1.54, 1.807) is 18.2 Å². The smallest absolute Gasteiger partial charge is 0.272 e. The van der Waals surface area contributed by atoms with E-state index in [9.17, 15) is 9.59 Å². The van der Waals surface area contributed by atoms with Crippen LogP contribution in [-0.4, -0.2) is 23.7 Å². The Morgan fingerprint density at radius 1 is 1.04 bits per heavy atom. The first-order valence-electron chi connectivity index (χ1n) is 9.52. The SMILES string of the molecule is CCCOc1cccc(N2C(=O)C(SC(C)C)=C(c3ccc(C)cc3)C2=O)c1. The standard InChI is InChI=1S/C23H25NO3S/c1-5-13-27-19-8-6-7-18(14-19)24-22(25)20(17-11-9-16(4)10-12-17)21(23(24)26)28-15(2)3/h6-12,14-15H,5,13H2,1-4H3. The van der Waals surface area contributed by atoms with Crippen LogP contribution in [0.2, 0.25) is 0 Å². The quantitative estimate of drug-likeness (QED) is 0.604. The van der Waals surface area contributed by atoms with Gasteiger partial charge in [0.25, 0.3) is 11.8 Å². The molecule has 3 rings (SSSR count). The average molecular weight is 396 g/mol. The van der Waals surface area contributed by atoms with Gasteiger partial charge >= 0.3 is 0 Å². The van der Waals surface area contributed by atoms with Crippen molar-refractivity contribution < 1.29 is 14.3 Å². The van der Waals surface area contributed by atoms with E-state index in [0.29, 0.717) is 28.5 Å². The van der Waals surface area contributed by atoms with Crippen LogP contribution in [0.15, 0.2) is 53.4 Å². The number of amides is 2. The molecule has 0 atom stereocenters. The van der Waals surface area contributed by atoms with Crippen LogP contribution >= 0.6 is 11.8 Å². The van der Waals surface area contributed by atoms with E-state index in [0.717, 1.165) is 17.5 Å². The number of rotatable bonds is 7. The van der Waals surface area contributed by atoms with E-state index < -0.39 is 0 Å². The second-order valence-corrected chi connectivity index (χ2v) is 8.62. The minimum atomic E-state index is -0.287. The summed E-state index contributed by atoms with van der Waals surface area (Å²) in [5, 5.41) is 0.186. The van der Waals surface area contributed by atoms with Gasteiger partial charge in [-0.1, -0.05) is 56.7 Å². The van der Waals surface area contributed by atoms with Crippen molar-refractivity contribution in [2.75, 3.05) is 11.5 Å². The Labute approximate surface area is 170 Å². The van der Waals surface area contributed by atoms with Gasteiger partial charge in [-0.2, -0.15) is 0 Å². The Balaban J connectivity index is 2.02. The van der Waals surface area contributed by atoms with E-state index in [4.69, 9.17) is 4.74 Å². The molecule has 1 heterocycles. The van der Waals surface area contributed by atoms with Gasteiger partial charge in [-0.15, -0.1) is 11.8 Å². The van der Waals surface area contributed by atoms with Gasteiger partial charge in [0, 0.05) is 11.3 Å². The molecular formula is C23H25NO3S. The highest BCUT2D eigenvalue weighted by Crippen LogP contribution is 2.40. The minimum absolute atomic E-state index is 0.186. The molecule has 1 aliphatic heterocycles. The molecule has 0 N–H and O–H groups in total. The lowest BCUT2D eigenvalue weighted by Gasteiger charge is -2.16. The summed E-state index contributed by atoms with van der Waals surface area (Å²) < 4.78 is 5.67. The molecule has 28 heavy (non-hydrogen) atoms. The van der Waals surface area contributed by atoms with Crippen molar-refractivity contribution in [1.29, 1.82) is 0 Å². The normalized spacial score (nSPS) is 14.4. The second-order valence-electron chi connectivity index (χ2n) is 7.03. The van der Waals surface area contributed by atoms with Crippen molar-refractivity contribution in [1.82, 2.24) is 0 Å². The fraction of sp³-hybridized carbons (Fsp3) is 0.304. The topological polar surface area (TPSA) is 46.6 Å². The van der Waals surface area contributed by atoms with Gasteiger partial charge in [0.05, 0.1) is 22.8 Å². The molecule has 2 aromatic rings. The highest BCUT2D eigenvalue weighted by Gasteiger charge is 2.40. The summed E-state index contributed by atoms with van der Waals surface area (Å²) in [5.41, 5.74) is 2.89. The zero-order valence-electron chi connectivity index (χ0n) is 16.7. The molecule has 5 heteroatoms. The van der Waals surface area contributed by atoms with Crippen LogP contribution in [0.5, 0.6) is 5.75 Å². The summed E-state index contributed by atoms with van der Waals surface area (Å²) >= 11 is 1.43. The minimum Gasteiger partial charge on any atom is -0.494 e. The number of anilines is 1. The summed E-state index contributed by atoms with van der Waals surface area (Å²) in [7, 11) is 0. The fourth-order valence-electron chi connectivity index (χ4n) is 3.00. The lowest BCUT2D eigenvalue weighted by atomic mass is 10.0. The third-order valence-corrected chi connectivity index (χ3v) is 5.37. The number of aryl methyl sites for hydroxylation is 1. The average Bonchev–Trinajstić information content (AvgIpc) is 2.90. The van der Waals surface area contributed by atoms with Crippen molar-refractivity contribution in [3.63, 3.8) is 0 Å². The number of hydrogen-bond acceptors (Lipinski definition) is 4. The van der Waals surface area contributed by atoms with Crippen LogP contribution in [0, 0.1) is 6.92 Å². The lowest BCUT2D eigenvalue weighted by molar-refractivity contribution is -0.119. The van der Waals surface area contributed by atoms with Crippen LogP contribution < -0.4 is 9.64 Å². The Bertz CT molecular complexity index is 916. The summed E-state index contributed by atoms with van der Waals surface area (Å²) in [6, 6.07) is 14.9. The zero-order valence-corrected chi connectivity index (χ0v) is 17.5. The van der Waals surface area contributed by atoms with Crippen LogP contribution in [0.1, 0.15) is 38.3 Å². The van der Waals surface area contributed by atoms with Gasteiger partial charge in [-0.25, -0.2) is 4.90 Å². The number of benzene rings is 2. The van der Waals surface area contributed by atoms with Crippen LogP contribution in [0.4, 0.5) is 5.69 Å². The molecule has 0 unspecified atom stereocenters. The highest BCUT2D eigenvalue weighted by molar-refractivity contribution is 8.04. The Hall–Kier alpha value is -2.53. The number of hydrogen-bond donors (Lipinski definition) is 0. The summed E-state index contributed by atoms with van der Waals surface area (Å²) in [4.78, 5) is 28.3. The second kappa shape index (κ2) is 8.65. The molecule has 0 fully saturated rings. The van der Waals surface area contributed by atoms with E-state index in [-0.39, 0.29) is 17.1 Å². The molecule has 1 aliphatic rings. The monoisotopic (exact) mass is 395 g/mol. The molecule has 146 valence electrons. The predicted octanol–water partition coefficient (Wildman–Crippen LogP) is 5.21. The van der Waals surface area contributed by atoms with Crippen molar-refractivity contribution >= 4 is 34.8 Å². The molecule has 4 nitrogen and oxygen atoms in total. The first-order valence-corrected chi connectivity index (χ1v) is 10.4. The summed E-state index contributed by atoms with van der Waals surface area (Å²) in [6.07, 6.45) is 0.889. The molecule has 2 amide bonds. The maximum atomic E-state index is 13.3. The molecular weight excluding hydrogens is 370 g/mol. The van der Waals surface area contributed by atoms with Gasteiger partial charge < -0.3 is 4.74 Å². The molecule has 0 saturated carbocycles. The Kier molecular flexibility index (Phi) is 6.25. The number of ether oxygens (including phenoxy) is 1. The summed E-state index contributed by atoms with van der Waals surface area (Å²) in [6.45, 7) is 8.66. The molecule has 0 saturated heterocycles. The maximum absolute atomic E-state index is 13.3. The third-order valence-electron chi connectivity index (χ3n) is 4.28. The van der Waals surface area contributed by atoms with Crippen molar-refractivity contribution in [3.05, 3.63) is 64.6 Å². The Morgan fingerprint density at radius 3 is 2.39 bits per heavy atom. The predicted molar refractivity (Wildman–Crippen MR) is 116 cm³/mol. The molecule has 0 spiro atoms. The van der Waals surface area contributed by atoms with Gasteiger partial charge in [-0.3, -0.25) is 9.59 Å². The first-order chi connectivity index (χ1) is 13.4. The van der Waals surface area contributed by atoms with Gasteiger partial charge in [0.15, 0.2) is 0 Å². The van der Waals surface area contributed by atoms with Gasteiger partial charge in [0.1, 0.15) is 5.75 Å². The van der Waals surface area contributed by atoms with Crippen molar-refractivity contribution in [2.24, 2.45) is 0 Å². The van der Waals surface area contributed by atoms with Crippen molar-refractivity contribution in [3.8, 4) is 5.75 Å². The molecule has 0 aromatic heterocycles. The van der Waals surface area contributed by atoms with Crippen molar-refractivity contribution in [2.45, 2.75) is 39.4 Å². The van der Waals surface area contributed by atoms with Crippen LogP contribution in [0.3, 0.4) is 0 Å². The number of imide groups is 1. The molecule has 2 aromatic carbocycles. The first kappa shape index (κ1) is 20.2. The largest absolute Gasteiger partial charge is 0.494 e. The number of carbonyl (C=O) groups is 2. The fourth-order valence-corrected chi connectivity index (χ4v) is 3.98. The zero-order chi connectivity index (χ0) is 20.3. The van der Waals surface area contributed by atoms with Gasteiger partial charge in [0.2, 0.25) is 0 Å². The van der Waals surface area contributed by atoms with Crippen LogP contribution in [-0.2, 0) is 9.59 Å². The van der Waals surface area contributed by atoms with Gasteiger partial charge in [-0.05, 0) is 31.0 Å². The Morgan fingerprint density at radius 2 is 1.75 bits per heavy atom. The number of carbonyl (C=O) groups excluding carboxylic acids is 2. The molecule has 0 bridgehead atoms. The number of nitrogens with zero attached hydrogens (tertiary/aromatic N) is 1. The van der Waals surface area contributed by atoms with E-state index in [1.165, 1.54) is 16.7 Å².